The number of nitrogens with one attached hydrogen (secondary N) is 2. The molecule has 1 rings (SSSR count). The number of carboxylic acid groups (broad SMARTS) is 1. The summed E-state index contributed by atoms with van der Waals surface area (Å²) in [4.78, 5) is 27.1. The second-order valence-corrected chi connectivity index (χ2v) is 4.66. The maximum absolute atomic E-state index is 11.3. The van der Waals surface area contributed by atoms with Gasteiger partial charge in [0.05, 0.1) is 6.54 Å². The lowest BCUT2D eigenvalue weighted by Gasteiger charge is -2.09. The number of carboxylic acids is 1. The number of urea groups is 1. The van der Waals surface area contributed by atoms with Crippen molar-refractivity contribution in [3.05, 3.63) is 16.1 Å². The zero-order chi connectivity index (χ0) is 12.8. The summed E-state index contributed by atoms with van der Waals surface area (Å²) in [5.41, 5.74) is 0. The van der Waals surface area contributed by atoms with Crippen LogP contribution in [0.5, 0.6) is 0 Å². The van der Waals surface area contributed by atoms with Crippen molar-refractivity contribution >= 4 is 23.3 Å². The van der Waals surface area contributed by atoms with Crippen LogP contribution in [-0.4, -0.2) is 28.1 Å². The Bertz CT molecular complexity index is 405. The Kier molecular flexibility index (Phi) is 4.89. The molecule has 0 aliphatic rings. The first-order chi connectivity index (χ1) is 8.02. The van der Waals surface area contributed by atoms with Crippen LogP contribution in [0, 0.1) is 0 Å². The van der Waals surface area contributed by atoms with E-state index >= 15 is 0 Å². The van der Waals surface area contributed by atoms with E-state index in [4.69, 9.17) is 5.11 Å². The number of carbonyl (C=O) groups excluding carboxylic acids is 1. The van der Waals surface area contributed by atoms with Gasteiger partial charge in [0.2, 0.25) is 0 Å². The Morgan fingerprint density at radius 3 is 2.82 bits per heavy atom. The van der Waals surface area contributed by atoms with E-state index < -0.39 is 18.0 Å². The predicted molar refractivity (Wildman–Crippen MR) is 64.0 cm³/mol. The van der Waals surface area contributed by atoms with E-state index in [0.29, 0.717) is 6.54 Å². The summed E-state index contributed by atoms with van der Waals surface area (Å²) in [5.74, 6) is -1.07. The van der Waals surface area contributed by atoms with Gasteiger partial charge >= 0.3 is 12.0 Å². The van der Waals surface area contributed by atoms with Gasteiger partial charge in [-0.15, -0.1) is 11.3 Å². The standard InChI is InChI=1S/C10H15N3O3S/c1-3-7-4-11-8(17-7)5-12-10(16)13-6(2)9(14)15/h4,6H,3,5H2,1-2H3,(H,14,15)(H2,12,13,16)/t6-/m0/s1. The molecule has 7 heteroatoms. The number of rotatable bonds is 5. The SMILES string of the molecule is CCc1cnc(CNC(=O)N[C@@H](C)C(=O)O)s1. The minimum atomic E-state index is -1.07. The number of hydrogen-bond acceptors (Lipinski definition) is 4. The van der Waals surface area contributed by atoms with Crippen LogP contribution in [0.3, 0.4) is 0 Å². The molecule has 1 atom stereocenters. The first kappa shape index (κ1) is 13.4. The molecule has 0 radical (unpaired) electrons. The molecule has 1 heterocycles. The average Bonchev–Trinajstić information content (AvgIpc) is 2.74. The molecule has 0 fully saturated rings. The summed E-state index contributed by atoms with van der Waals surface area (Å²) in [5, 5.41) is 14.3. The van der Waals surface area contributed by atoms with Crippen molar-refractivity contribution in [2.45, 2.75) is 32.9 Å². The number of aliphatic carboxylic acids is 1. The van der Waals surface area contributed by atoms with Gasteiger partial charge < -0.3 is 15.7 Å². The van der Waals surface area contributed by atoms with E-state index in [-0.39, 0.29) is 0 Å². The molecule has 2 amide bonds. The minimum Gasteiger partial charge on any atom is -0.480 e. The lowest BCUT2D eigenvalue weighted by Crippen LogP contribution is -2.44. The van der Waals surface area contributed by atoms with E-state index in [1.807, 2.05) is 6.92 Å². The van der Waals surface area contributed by atoms with Crippen molar-refractivity contribution in [1.82, 2.24) is 15.6 Å². The fourth-order valence-corrected chi connectivity index (χ4v) is 1.86. The van der Waals surface area contributed by atoms with Gasteiger partial charge in [0, 0.05) is 11.1 Å². The first-order valence-corrected chi connectivity index (χ1v) is 6.05. The lowest BCUT2D eigenvalue weighted by molar-refractivity contribution is -0.138. The van der Waals surface area contributed by atoms with Gasteiger partial charge in [0.1, 0.15) is 11.0 Å². The predicted octanol–water partition coefficient (Wildman–Crippen LogP) is 0.978. The summed E-state index contributed by atoms with van der Waals surface area (Å²) in [7, 11) is 0. The van der Waals surface area contributed by atoms with Gasteiger partial charge in [-0.3, -0.25) is 4.79 Å². The van der Waals surface area contributed by atoms with Crippen LogP contribution in [-0.2, 0) is 17.8 Å². The highest BCUT2D eigenvalue weighted by atomic mass is 32.1. The molecule has 0 aromatic carbocycles. The van der Waals surface area contributed by atoms with Crippen molar-refractivity contribution in [2.75, 3.05) is 0 Å². The quantitative estimate of drug-likeness (QED) is 0.733. The second kappa shape index (κ2) is 6.19. The normalized spacial score (nSPS) is 11.9. The summed E-state index contributed by atoms with van der Waals surface area (Å²) in [6.07, 6.45) is 2.69. The van der Waals surface area contributed by atoms with E-state index in [1.165, 1.54) is 18.3 Å². The molecule has 17 heavy (non-hydrogen) atoms. The summed E-state index contributed by atoms with van der Waals surface area (Å²) >= 11 is 1.53. The van der Waals surface area contributed by atoms with Crippen molar-refractivity contribution in [3.63, 3.8) is 0 Å². The number of amides is 2. The Balaban J connectivity index is 2.35. The molecule has 0 saturated carbocycles. The van der Waals surface area contributed by atoms with Gasteiger partial charge in [-0.05, 0) is 13.3 Å². The highest BCUT2D eigenvalue weighted by Crippen LogP contribution is 2.12. The molecular weight excluding hydrogens is 242 g/mol. The molecule has 0 bridgehead atoms. The number of nitrogens with zero attached hydrogens (tertiary/aromatic N) is 1. The topological polar surface area (TPSA) is 91.3 Å². The first-order valence-electron chi connectivity index (χ1n) is 5.23. The smallest absolute Gasteiger partial charge is 0.325 e. The molecule has 3 N–H and O–H groups in total. The zero-order valence-corrected chi connectivity index (χ0v) is 10.5. The van der Waals surface area contributed by atoms with Crippen LogP contribution in [0.15, 0.2) is 6.20 Å². The van der Waals surface area contributed by atoms with E-state index in [2.05, 4.69) is 15.6 Å². The highest BCUT2D eigenvalue weighted by Gasteiger charge is 2.13. The van der Waals surface area contributed by atoms with Crippen molar-refractivity contribution in [3.8, 4) is 0 Å². The van der Waals surface area contributed by atoms with Crippen LogP contribution < -0.4 is 10.6 Å². The maximum Gasteiger partial charge on any atom is 0.325 e. The summed E-state index contributed by atoms with van der Waals surface area (Å²) < 4.78 is 0. The van der Waals surface area contributed by atoms with Crippen LogP contribution in [0.2, 0.25) is 0 Å². The Hall–Kier alpha value is -1.63. The molecule has 0 aliphatic carbocycles. The fourth-order valence-electron chi connectivity index (χ4n) is 1.06. The highest BCUT2D eigenvalue weighted by molar-refractivity contribution is 7.11. The van der Waals surface area contributed by atoms with Crippen LogP contribution >= 0.6 is 11.3 Å². The van der Waals surface area contributed by atoms with Crippen LogP contribution in [0.1, 0.15) is 23.7 Å². The molecule has 0 aliphatic heterocycles. The average molecular weight is 257 g/mol. The Morgan fingerprint density at radius 1 is 1.59 bits per heavy atom. The van der Waals surface area contributed by atoms with Gasteiger partial charge in [-0.1, -0.05) is 6.92 Å². The lowest BCUT2D eigenvalue weighted by atomic mass is 10.3. The summed E-state index contributed by atoms with van der Waals surface area (Å²) in [6.45, 7) is 3.75. The molecule has 0 spiro atoms. The van der Waals surface area contributed by atoms with Gasteiger partial charge in [0.25, 0.3) is 0 Å². The third-order valence-corrected chi connectivity index (χ3v) is 3.21. The Labute approximate surface area is 103 Å². The number of aromatic nitrogens is 1. The molecule has 0 saturated heterocycles. The van der Waals surface area contributed by atoms with Crippen LogP contribution in [0.25, 0.3) is 0 Å². The molecule has 1 aromatic heterocycles. The number of carbonyl (C=O) groups is 2. The minimum absolute atomic E-state index is 0.308. The monoisotopic (exact) mass is 257 g/mol. The molecule has 6 nitrogen and oxygen atoms in total. The van der Waals surface area contributed by atoms with Gasteiger partial charge in [0.15, 0.2) is 0 Å². The number of hydrogen-bond donors (Lipinski definition) is 3. The third-order valence-electron chi connectivity index (χ3n) is 2.07. The fraction of sp³-hybridized carbons (Fsp3) is 0.500. The van der Waals surface area contributed by atoms with Crippen molar-refractivity contribution < 1.29 is 14.7 Å². The van der Waals surface area contributed by atoms with Crippen molar-refractivity contribution in [1.29, 1.82) is 0 Å². The van der Waals surface area contributed by atoms with E-state index in [9.17, 15) is 9.59 Å². The van der Waals surface area contributed by atoms with Crippen LogP contribution in [0.4, 0.5) is 4.79 Å². The largest absolute Gasteiger partial charge is 0.480 e. The number of aryl methyl sites for hydroxylation is 1. The molecular formula is C10H15N3O3S. The summed E-state index contributed by atoms with van der Waals surface area (Å²) in [6, 6.07) is -1.41. The Morgan fingerprint density at radius 2 is 2.29 bits per heavy atom. The molecule has 1 aromatic rings. The van der Waals surface area contributed by atoms with E-state index in [1.54, 1.807) is 6.20 Å². The van der Waals surface area contributed by atoms with Gasteiger partial charge in [-0.25, -0.2) is 9.78 Å². The second-order valence-electron chi connectivity index (χ2n) is 3.46. The molecule has 0 unspecified atom stereocenters. The van der Waals surface area contributed by atoms with Gasteiger partial charge in [-0.2, -0.15) is 0 Å². The van der Waals surface area contributed by atoms with E-state index in [0.717, 1.165) is 16.3 Å². The maximum atomic E-state index is 11.3. The zero-order valence-electron chi connectivity index (χ0n) is 9.69. The molecule has 94 valence electrons. The van der Waals surface area contributed by atoms with Crippen molar-refractivity contribution in [2.24, 2.45) is 0 Å². The third kappa shape index (κ3) is 4.39. The number of thiazole rings is 1.